The van der Waals surface area contributed by atoms with E-state index in [1.165, 1.54) is 12.1 Å². The van der Waals surface area contributed by atoms with Crippen molar-refractivity contribution < 1.29 is 13.9 Å². The van der Waals surface area contributed by atoms with E-state index in [0.29, 0.717) is 29.6 Å². The van der Waals surface area contributed by atoms with Gasteiger partial charge in [-0.2, -0.15) is 0 Å². The van der Waals surface area contributed by atoms with E-state index in [0.717, 1.165) is 41.6 Å². The fourth-order valence-corrected chi connectivity index (χ4v) is 3.39. The van der Waals surface area contributed by atoms with Gasteiger partial charge < -0.3 is 4.74 Å². The van der Waals surface area contributed by atoms with Crippen LogP contribution in [-0.2, 0) is 17.6 Å². The molecule has 0 spiro atoms. The standard InChI is InChI=1S/C21H20ClFO2/c1-14(10-15-2-6-18(23)7-3-15)13-25-19-8-9-20-16(11-19)4-5-17(12-24)21(20)22/h2-3,6-9,11-12,14H,4-5,10,13H2,1H3/t14-/m0/s1. The van der Waals surface area contributed by atoms with Crippen molar-refractivity contribution in [3.63, 3.8) is 0 Å². The second-order valence-corrected chi connectivity index (χ2v) is 6.90. The number of ether oxygens (including phenoxy) is 1. The highest BCUT2D eigenvalue weighted by Gasteiger charge is 2.18. The van der Waals surface area contributed by atoms with Crippen molar-refractivity contribution in [2.45, 2.75) is 26.2 Å². The van der Waals surface area contributed by atoms with Crippen LogP contribution in [-0.4, -0.2) is 12.9 Å². The minimum atomic E-state index is -0.216. The average Bonchev–Trinajstić information content (AvgIpc) is 2.62. The first kappa shape index (κ1) is 17.7. The molecule has 0 aromatic heterocycles. The molecule has 1 atom stereocenters. The van der Waals surface area contributed by atoms with Crippen molar-refractivity contribution in [2.24, 2.45) is 5.92 Å². The van der Waals surface area contributed by atoms with Crippen molar-refractivity contribution in [1.82, 2.24) is 0 Å². The number of carbonyl (C=O) groups excluding carboxylic acids is 1. The van der Waals surface area contributed by atoms with Crippen LogP contribution in [0, 0.1) is 11.7 Å². The molecule has 25 heavy (non-hydrogen) atoms. The van der Waals surface area contributed by atoms with Gasteiger partial charge in [-0.1, -0.05) is 30.7 Å². The van der Waals surface area contributed by atoms with E-state index in [9.17, 15) is 9.18 Å². The van der Waals surface area contributed by atoms with Crippen molar-refractivity contribution in [3.8, 4) is 5.75 Å². The van der Waals surface area contributed by atoms with E-state index in [2.05, 4.69) is 6.92 Å². The predicted molar refractivity (Wildman–Crippen MR) is 98.4 cm³/mol. The zero-order chi connectivity index (χ0) is 17.8. The lowest BCUT2D eigenvalue weighted by molar-refractivity contribution is -0.105. The van der Waals surface area contributed by atoms with Gasteiger partial charge in [0.25, 0.3) is 0 Å². The molecule has 0 radical (unpaired) electrons. The van der Waals surface area contributed by atoms with Gasteiger partial charge in [0.05, 0.1) is 11.6 Å². The summed E-state index contributed by atoms with van der Waals surface area (Å²) in [5.41, 5.74) is 3.79. The summed E-state index contributed by atoms with van der Waals surface area (Å²) in [6, 6.07) is 12.4. The summed E-state index contributed by atoms with van der Waals surface area (Å²) in [6.45, 7) is 2.69. The Morgan fingerprint density at radius 2 is 1.96 bits per heavy atom. The second kappa shape index (κ2) is 7.83. The van der Waals surface area contributed by atoms with Crippen LogP contribution in [0.25, 0.3) is 5.03 Å². The lowest BCUT2D eigenvalue weighted by atomic mass is 9.92. The average molecular weight is 359 g/mol. The largest absolute Gasteiger partial charge is 0.493 e. The van der Waals surface area contributed by atoms with Crippen LogP contribution in [0.1, 0.15) is 30.0 Å². The molecule has 130 valence electrons. The number of allylic oxidation sites excluding steroid dienone is 1. The van der Waals surface area contributed by atoms with Crippen LogP contribution in [0.5, 0.6) is 5.75 Å². The molecular formula is C21H20ClFO2. The van der Waals surface area contributed by atoms with Crippen LogP contribution in [0.4, 0.5) is 4.39 Å². The lowest BCUT2D eigenvalue weighted by Gasteiger charge is -2.19. The number of benzene rings is 2. The number of aldehydes is 1. The zero-order valence-corrected chi connectivity index (χ0v) is 14.9. The number of hydrogen-bond donors (Lipinski definition) is 0. The fourth-order valence-electron chi connectivity index (χ4n) is 3.06. The molecule has 2 aromatic carbocycles. The summed E-state index contributed by atoms with van der Waals surface area (Å²) in [7, 11) is 0. The van der Waals surface area contributed by atoms with Gasteiger partial charge >= 0.3 is 0 Å². The monoisotopic (exact) mass is 358 g/mol. The molecule has 0 N–H and O–H groups in total. The maximum absolute atomic E-state index is 12.9. The summed E-state index contributed by atoms with van der Waals surface area (Å²) in [5, 5.41) is 0.549. The highest BCUT2D eigenvalue weighted by atomic mass is 35.5. The third-order valence-electron chi connectivity index (χ3n) is 4.43. The Labute approximate surface area is 152 Å². The topological polar surface area (TPSA) is 26.3 Å². The molecule has 0 amide bonds. The lowest BCUT2D eigenvalue weighted by Crippen LogP contribution is -2.12. The number of halogens is 2. The molecule has 3 rings (SSSR count). The quantitative estimate of drug-likeness (QED) is 0.665. The van der Waals surface area contributed by atoms with Crippen LogP contribution in [0.15, 0.2) is 48.0 Å². The number of hydrogen-bond acceptors (Lipinski definition) is 2. The molecule has 0 fully saturated rings. The van der Waals surface area contributed by atoms with Gasteiger partial charge in [-0.3, -0.25) is 4.79 Å². The van der Waals surface area contributed by atoms with Crippen molar-refractivity contribution >= 4 is 22.9 Å². The van der Waals surface area contributed by atoms with Gasteiger partial charge in [-0.05, 0) is 72.2 Å². The van der Waals surface area contributed by atoms with Gasteiger partial charge in [0, 0.05) is 5.57 Å². The van der Waals surface area contributed by atoms with Gasteiger partial charge in [0.2, 0.25) is 0 Å². The Hall–Kier alpha value is -2.13. The minimum absolute atomic E-state index is 0.216. The molecule has 2 aromatic rings. The minimum Gasteiger partial charge on any atom is -0.493 e. The Bertz CT molecular complexity index is 796. The maximum atomic E-state index is 12.9. The smallest absolute Gasteiger partial charge is 0.147 e. The Morgan fingerprint density at radius 1 is 1.20 bits per heavy atom. The van der Waals surface area contributed by atoms with E-state index in [4.69, 9.17) is 16.3 Å². The van der Waals surface area contributed by atoms with Crippen LogP contribution in [0.3, 0.4) is 0 Å². The van der Waals surface area contributed by atoms with Crippen LogP contribution in [0.2, 0.25) is 0 Å². The second-order valence-electron chi connectivity index (χ2n) is 6.52. The fraction of sp³-hybridized carbons (Fsp3) is 0.286. The molecule has 0 unspecified atom stereocenters. The molecule has 0 aliphatic heterocycles. The normalized spacial score (nSPS) is 14.8. The van der Waals surface area contributed by atoms with E-state index in [-0.39, 0.29) is 5.82 Å². The van der Waals surface area contributed by atoms with E-state index in [1.54, 1.807) is 0 Å². The van der Waals surface area contributed by atoms with Crippen molar-refractivity contribution in [3.05, 3.63) is 70.5 Å². The number of fused-ring (bicyclic) bond motifs is 1. The Kier molecular flexibility index (Phi) is 5.54. The highest BCUT2D eigenvalue weighted by Crippen LogP contribution is 2.35. The first-order valence-corrected chi connectivity index (χ1v) is 8.79. The Morgan fingerprint density at radius 3 is 2.68 bits per heavy atom. The molecule has 0 heterocycles. The van der Waals surface area contributed by atoms with E-state index in [1.807, 2.05) is 30.3 Å². The molecule has 0 saturated carbocycles. The number of rotatable bonds is 6. The first-order valence-electron chi connectivity index (χ1n) is 8.41. The zero-order valence-electron chi connectivity index (χ0n) is 14.1. The van der Waals surface area contributed by atoms with Gasteiger partial charge in [-0.25, -0.2) is 4.39 Å². The highest BCUT2D eigenvalue weighted by molar-refractivity contribution is 6.50. The SMILES string of the molecule is C[C@H](COc1ccc2c(c1)CCC(C=O)=C2Cl)Cc1ccc(F)cc1. The predicted octanol–water partition coefficient (Wildman–Crippen LogP) is 5.18. The third kappa shape index (κ3) is 4.29. The molecule has 0 bridgehead atoms. The summed E-state index contributed by atoms with van der Waals surface area (Å²) in [6.07, 6.45) is 3.14. The van der Waals surface area contributed by atoms with Gasteiger partial charge in [-0.15, -0.1) is 0 Å². The first-order chi connectivity index (χ1) is 12.1. The van der Waals surface area contributed by atoms with Gasteiger partial charge in [0.1, 0.15) is 17.9 Å². The molecule has 1 aliphatic carbocycles. The molecule has 2 nitrogen and oxygen atoms in total. The maximum Gasteiger partial charge on any atom is 0.147 e. The summed E-state index contributed by atoms with van der Waals surface area (Å²) >= 11 is 6.28. The summed E-state index contributed by atoms with van der Waals surface area (Å²) < 4.78 is 18.9. The van der Waals surface area contributed by atoms with Crippen LogP contribution < -0.4 is 4.74 Å². The van der Waals surface area contributed by atoms with Crippen molar-refractivity contribution in [1.29, 1.82) is 0 Å². The summed E-state index contributed by atoms with van der Waals surface area (Å²) in [5.74, 6) is 0.905. The van der Waals surface area contributed by atoms with Crippen molar-refractivity contribution in [2.75, 3.05) is 6.61 Å². The van der Waals surface area contributed by atoms with E-state index < -0.39 is 0 Å². The van der Waals surface area contributed by atoms with Gasteiger partial charge in [0.15, 0.2) is 0 Å². The molecule has 0 saturated heterocycles. The Balaban J connectivity index is 1.61. The summed E-state index contributed by atoms with van der Waals surface area (Å²) in [4.78, 5) is 11.0. The van der Waals surface area contributed by atoms with Crippen LogP contribution >= 0.6 is 11.6 Å². The van der Waals surface area contributed by atoms with E-state index >= 15 is 0 Å². The molecular weight excluding hydrogens is 339 g/mol. The number of carbonyl (C=O) groups is 1. The number of aryl methyl sites for hydroxylation is 1. The third-order valence-corrected chi connectivity index (χ3v) is 4.88. The molecule has 4 heteroatoms. The molecule has 1 aliphatic rings.